The average molecular weight is 198 g/mol. The number of hydrogen-bond acceptors (Lipinski definition) is 0. The van der Waals surface area contributed by atoms with E-state index in [1.165, 1.54) is 11.1 Å². The van der Waals surface area contributed by atoms with E-state index >= 15 is 0 Å². The van der Waals surface area contributed by atoms with E-state index in [9.17, 15) is 4.39 Å². The highest BCUT2D eigenvalue weighted by molar-refractivity contribution is 5.23. The largest absolute Gasteiger partial charge is 0.255 e. The number of aryl methyl sites for hydroxylation is 1. The van der Waals surface area contributed by atoms with Gasteiger partial charge in [-0.2, -0.15) is 0 Å². The minimum absolute atomic E-state index is 0.500. The fraction of sp³-hybridized carbons (Fsp3) is 0.538. The molecule has 14 heavy (non-hydrogen) atoms. The molecular formula is C13H23F. The highest BCUT2D eigenvalue weighted by Crippen LogP contribution is 2.13. The molecule has 0 unspecified atom stereocenters. The Morgan fingerprint density at radius 3 is 1.57 bits per heavy atom. The van der Waals surface area contributed by atoms with Crippen molar-refractivity contribution in [3.05, 3.63) is 35.4 Å². The van der Waals surface area contributed by atoms with Gasteiger partial charge in [0, 0.05) is 0 Å². The van der Waals surface area contributed by atoms with E-state index in [2.05, 4.69) is 45.0 Å². The number of hydrogen-bond donors (Lipinski definition) is 0. The molecule has 1 aromatic rings. The van der Waals surface area contributed by atoms with Crippen molar-refractivity contribution in [2.24, 2.45) is 0 Å². The molecule has 0 saturated carbocycles. The first-order valence-electron chi connectivity index (χ1n) is 5.14. The summed E-state index contributed by atoms with van der Waals surface area (Å²) >= 11 is 0. The van der Waals surface area contributed by atoms with Gasteiger partial charge in [0.25, 0.3) is 0 Å². The van der Waals surface area contributed by atoms with Gasteiger partial charge in [-0.15, -0.1) is 0 Å². The van der Waals surface area contributed by atoms with Gasteiger partial charge in [-0.1, -0.05) is 57.5 Å². The third-order valence-corrected chi connectivity index (χ3v) is 1.74. The maximum absolute atomic E-state index is 9.50. The lowest BCUT2D eigenvalue weighted by molar-refractivity contribution is 0.636. The lowest BCUT2D eigenvalue weighted by Crippen LogP contribution is -1.85. The summed E-state index contributed by atoms with van der Waals surface area (Å²) in [6.07, 6.45) is 0. The zero-order chi connectivity index (χ0) is 11.6. The van der Waals surface area contributed by atoms with Crippen LogP contribution in [0.2, 0.25) is 0 Å². The molecule has 0 nitrogen and oxygen atoms in total. The molecule has 0 aliphatic heterocycles. The SMILES string of the molecule is CC.CF.Cc1ccc(C(C)C)cc1. The second kappa shape index (κ2) is 10.2. The lowest BCUT2D eigenvalue weighted by Gasteiger charge is -2.03. The molecule has 0 aliphatic rings. The summed E-state index contributed by atoms with van der Waals surface area (Å²) in [5.74, 6) is 0.653. The van der Waals surface area contributed by atoms with Gasteiger partial charge >= 0.3 is 0 Å². The van der Waals surface area contributed by atoms with Crippen LogP contribution in [0.5, 0.6) is 0 Å². The Hall–Kier alpha value is -0.850. The van der Waals surface area contributed by atoms with Crippen LogP contribution in [0.15, 0.2) is 24.3 Å². The van der Waals surface area contributed by atoms with Crippen LogP contribution in [0.4, 0.5) is 4.39 Å². The van der Waals surface area contributed by atoms with Gasteiger partial charge < -0.3 is 0 Å². The quantitative estimate of drug-likeness (QED) is 0.612. The van der Waals surface area contributed by atoms with Gasteiger partial charge in [-0.25, -0.2) is 0 Å². The number of rotatable bonds is 1. The van der Waals surface area contributed by atoms with Gasteiger partial charge in [0.1, 0.15) is 0 Å². The van der Waals surface area contributed by atoms with Crippen molar-refractivity contribution in [2.45, 2.75) is 40.5 Å². The predicted molar refractivity (Wildman–Crippen MR) is 63.6 cm³/mol. The van der Waals surface area contributed by atoms with Crippen molar-refractivity contribution in [3.8, 4) is 0 Å². The third kappa shape index (κ3) is 6.64. The van der Waals surface area contributed by atoms with Gasteiger partial charge in [-0.05, 0) is 18.4 Å². The van der Waals surface area contributed by atoms with Crippen molar-refractivity contribution < 1.29 is 4.39 Å². The lowest BCUT2D eigenvalue weighted by atomic mass is 10.0. The fourth-order valence-corrected chi connectivity index (χ4v) is 0.951. The zero-order valence-electron chi connectivity index (χ0n) is 10.3. The summed E-state index contributed by atoms with van der Waals surface area (Å²) in [5, 5.41) is 0. The maximum Gasteiger partial charge on any atom is 0.0785 e. The second-order valence-corrected chi connectivity index (χ2v) is 3.07. The van der Waals surface area contributed by atoms with Crippen LogP contribution in [-0.4, -0.2) is 7.18 Å². The molecule has 0 radical (unpaired) electrons. The van der Waals surface area contributed by atoms with E-state index in [4.69, 9.17) is 0 Å². The maximum atomic E-state index is 9.50. The highest BCUT2D eigenvalue weighted by Gasteiger charge is 1.95. The first-order valence-corrected chi connectivity index (χ1v) is 5.14. The first kappa shape index (κ1) is 15.6. The second-order valence-electron chi connectivity index (χ2n) is 3.07. The Bertz CT molecular complexity index is 199. The molecule has 1 rings (SSSR count). The first-order chi connectivity index (χ1) is 6.70. The molecule has 1 heteroatoms. The fourth-order valence-electron chi connectivity index (χ4n) is 0.951. The van der Waals surface area contributed by atoms with Crippen molar-refractivity contribution in [1.29, 1.82) is 0 Å². The Morgan fingerprint density at radius 2 is 1.29 bits per heavy atom. The average Bonchev–Trinajstić information content (AvgIpc) is 2.24. The van der Waals surface area contributed by atoms with Crippen LogP contribution in [0, 0.1) is 6.92 Å². The molecule has 0 fully saturated rings. The van der Waals surface area contributed by atoms with E-state index in [1.54, 1.807) is 0 Å². The van der Waals surface area contributed by atoms with E-state index in [-0.39, 0.29) is 0 Å². The molecular weight excluding hydrogens is 175 g/mol. The summed E-state index contributed by atoms with van der Waals surface area (Å²) in [7, 11) is 0.500. The van der Waals surface area contributed by atoms with Crippen molar-refractivity contribution in [3.63, 3.8) is 0 Å². The Balaban J connectivity index is 0. The van der Waals surface area contributed by atoms with Gasteiger partial charge in [0.2, 0.25) is 0 Å². The molecule has 1 aromatic carbocycles. The van der Waals surface area contributed by atoms with Gasteiger partial charge in [0.05, 0.1) is 7.18 Å². The molecule has 0 atom stereocenters. The number of alkyl halides is 1. The molecule has 0 aromatic heterocycles. The molecule has 0 spiro atoms. The van der Waals surface area contributed by atoms with Crippen LogP contribution in [0.25, 0.3) is 0 Å². The smallest absolute Gasteiger partial charge is 0.0785 e. The number of benzene rings is 1. The van der Waals surface area contributed by atoms with Gasteiger partial charge in [-0.3, -0.25) is 4.39 Å². The van der Waals surface area contributed by atoms with E-state index in [1.807, 2.05) is 13.8 Å². The van der Waals surface area contributed by atoms with Crippen molar-refractivity contribution in [1.82, 2.24) is 0 Å². The molecule has 0 N–H and O–H groups in total. The Labute approximate surface area is 88.2 Å². The van der Waals surface area contributed by atoms with Crippen LogP contribution >= 0.6 is 0 Å². The molecule has 0 bridgehead atoms. The summed E-state index contributed by atoms with van der Waals surface area (Å²) in [6, 6.07) is 8.71. The monoisotopic (exact) mass is 198 g/mol. The third-order valence-electron chi connectivity index (χ3n) is 1.74. The van der Waals surface area contributed by atoms with E-state index in [0.717, 1.165) is 0 Å². The van der Waals surface area contributed by atoms with Crippen LogP contribution in [0.1, 0.15) is 44.7 Å². The summed E-state index contributed by atoms with van der Waals surface area (Å²) in [4.78, 5) is 0. The van der Waals surface area contributed by atoms with Crippen LogP contribution < -0.4 is 0 Å². The summed E-state index contributed by atoms with van der Waals surface area (Å²) in [5.41, 5.74) is 2.76. The van der Waals surface area contributed by atoms with Crippen LogP contribution in [0.3, 0.4) is 0 Å². The predicted octanol–water partition coefficient (Wildman–Crippen LogP) is 4.73. The normalized spacial score (nSPS) is 8.29. The van der Waals surface area contributed by atoms with Crippen LogP contribution in [-0.2, 0) is 0 Å². The summed E-state index contributed by atoms with van der Waals surface area (Å²) < 4.78 is 9.50. The van der Waals surface area contributed by atoms with E-state index < -0.39 is 0 Å². The topological polar surface area (TPSA) is 0 Å². The standard InChI is InChI=1S/C10H14.C2H6.CH3F/c1-8(2)10-6-4-9(3)5-7-10;2*1-2/h4-8H,1-3H3;1-2H3;1H3. The van der Waals surface area contributed by atoms with Crippen molar-refractivity contribution in [2.75, 3.05) is 7.18 Å². The molecule has 0 heterocycles. The summed E-state index contributed by atoms with van der Waals surface area (Å²) in [6.45, 7) is 10.5. The minimum atomic E-state index is 0.500. The highest BCUT2D eigenvalue weighted by atomic mass is 19.1. The Kier molecular flexibility index (Phi) is 11.4. The number of halogens is 1. The van der Waals surface area contributed by atoms with Gasteiger partial charge in [0.15, 0.2) is 0 Å². The minimum Gasteiger partial charge on any atom is -0.255 e. The molecule has 0 aliphatic carbocycles. The zero-order valence-corrected chi connectivity index (χ0v) is 10.3. The molecule has 0 amide bonds. The molecule has 82 valence electrons. The van der Waals surface area contributed by atoms with E-state index in [0.29, 0.717) is 13.1 Å². The van der Waals surface area contributed by atoms with Crippen molar-refractivity contribution >= 4 is 0 Å². The molecule has 0 saturated heterocycles. The Morgan fingerprint density at radius 1 is 0.929 bits per heavy atom.